The first-order valence-corrected chi connectivity index (χ1v) is 8.83. The summed E-state index contributed by atoms with van der Waals surface area (Å²) in [7, 11) is 1.47. The van der Waals surface area contributed by atoms with Crippen molar-refractivity contribution < 1.29 is 29.0 Å². The minimum Gasteiger partial charge on any atom is -0.493 e. The van der Waals surface area contributed by atoms with Gasteiger partial charge in [-0.3, -0.25) is 10.1 Å². The van der Waals surface area contributed by atoms with Crippen molar-refractivity contribution in [2.24, 2.45) is 0 Å². The van der Waals surface area contributed by atoms with Crippen LogP contribution in [0, 0.1) is 0 Å². The zero-order chi connectivity index (χ0) is 20.3. The van der Waals surface area contributed by atoms with Crippen molar-refractivity contribution in [2.75, 3.05) is 7.11 Å². The summed E-state index contributed by atoms with van der Waals surface area (Å²) in [4.78, 5) is 33.9. The Hall–Kier alpha value is -3.33. The number of rotatable bonds is 6. The van der Waals surface area contributed by atoms with Crippen LogP contribution < -0.4 is 20.1 Å². The summed E-state index contributed by atoms with van der Waals surface area (Å²) in [5, 5.41) is 13.6. The van der Waals surface area contributed by atoms with Gasteiger partial charge in [-0.25, -0.2) is 9.59 Å². The molecule has 1 aliphatic heterocycles. The van der Waals surface area contributed by atoms with Gasteiger partial charge in [0.25, 0.3) is 5.91 Å². The number of imide groups is 1. The molecule has 2 aromatic rings. The van der Waals surface area contributed by atoms with Crippen molar-refractivity contribution in [1.29, 1.82) is 0 Å². The Balaban J connectivity index is 1.83. The Morgan fingerprint density at radius 3 is 2.64 bits per heavy atom. The standard InChI is InChI=1S/C19H15BrN2O6/c1-27-15-8-11(7-14-17(23)22-19(26)21-14)6-13(20)16(15)28-9-10-3-2-4-12(5-10)18(24)25/h2-8H,9H2,1H3,(H,24,25)(H2,21,22,23,26)/b14-7-. The van der Waals surface area contributed by atoms with E-state index in [1.807, 2.05) is 0 Å². The number of urea groups is 1. The Kier molecular flexibility index (Phi) is 5.65. The van der Waals surface area contributed by atoms with Crippen LogP contribution in [-0.2, 0) is 11.4 Å². The molecule has 0 radical (unpaired) electrons. The fourth-order valence-corrected chi connectivity index (χ4v) is 3.14. The molecule has 0 spiro atoms. The molecule has 28 heavy (non-hydrogen) atoms. The smallest absolute Gasteiger partial charge is 0.335 e. The monoisotopic (exact) mass is 446 g/mol. The third-order valence-electron chi connectivity index (χ3n) is 3.84. The molecule has 0 bridgehead atoms. The van der Waals surface area contributed by atoms with Gasteiger partial charge in [-0.05, 0) is 57.4 Å². The average Bonchev–Trinajstić information content (AvgIpc) is 2.97. The molecule has 144 valence electrons. The van der Waals surface area contributed by atoms with E-state index in [-0.39, 0.29) is 17.9 Å². The number of nitrogens with one attached hydrogen (secondary N) is 2. The summed E-state index contributed by atoms with van der Waals surface area (Å²) in [6.07, 6.45) is 1.51. The van der Waals surface area contributed by atoms with Crippen molar-refractivity contribution in [3.8, 4) is 11.5 Å². The van der Waals surface area contributed by atoms with Crippen LogP contribution in [0.3, 0.4) is 0 Å². The largest absolute Gasteiger partial charge is 0.493 e. The Labute approximate surface area is 168 Å². The highest BCUT2D eigenvalue weighted by atomic mass is 79.9. The number of ether oxygens (including phenoxy) is 2. The van der Waals surface area contributed by atoms with Gasteiger partial charge in [0.2, 0.25) is 0 Å². The minimum atomic E-state index is -1.01. The molecule has 0 aliphatic carbocycles. The number of carboxylic acid groups (broad SMARTS) is 1. The van der Waals surface area contributed by atoms with Crippen LogP contribution in [0.4, 0.5) is 4.79 Å². The van der Waals surface area contributed by atoms with Crippen molar-refractivity contribution in [3.63, 3.8) is 0 Å². The van der Waals surface area contributed by atoms with E-state index in [0.717, 1.165) is 0 Å². The third-order valence-corrected chi connectivity index (χ3v) is 4.43. The molecule has 0 aromatic heterocycles. The maximum absolute atomic E-state index is 11.7. The summed E-state index contributed by atoms with van der Waals surface area (Å²) < 4.78 is 11.7. The molecule has 3 rings (SSSR count). The molecule has 9 heteroatoms. The lowest BCUT2D eigenvalue weighted by Gasteiger charge is -2.14. The van der Waals surface area contributed by atoms with Gasteiger partial charge in [0.1, 0.15) is 12.3 Å². The molecule has 1 aliphatic rings. The SMILES string of the molecule is COc1cc(/C=C2\NC(=O)NC2=O)cc(Br)c1OCc1cccc(C(=O)O)c1. The van der Waals surface area contributed by atoms with Crippen molar-refractivity contribution in [2.45, 2.75) is 6.61 Å². The number of hydrogen-bond donors (Lipinski definition) is 3. The molecular weight excluding hydrogens is 432 g/mol. The van der Waals surface area contributed by atoms with E-state index in [2.05, 4.69) is 26.6 Å². The number of hydrogen-bond acceptors (Lipinski definition) is 5. The van der Waals surface area contributed by atoms with Gasteiger partial charge in [-0.2, -0.15) is 0 Å². The zero-order valence-corrected chi connectivity index (χ0v) is 16.2. The Morgan fingerprint density at radius 1 is 1.21 bits per heavy atom. The molecule has 3 amide bonds. The number of methoxy groups -OCH3 is 1. The predicted molar refractivity (Wildman–Crippen MR) is 103 cm³/mol. The Bertz CT molecular complexity index is 1000. The predicted octanol–water partition coefficient (Wildman–Crippen LogP) is 2.92. The lowest BCUT2D eigenvalue weighted by atomic mass is 10.1. The van der Waals surface area contributed by atoms with Crippen LogP contribution in [0.1, 0.15) is 21.5 Å². The molecular formula is C19H15BrN2O6. The van der Waals surface area contributed by atoms with Crippen molar-refractivity contribution >= 4 is 39.9 Å². The second kappa shape index (κ2) is 8.13. The number of carboxylic acids is 1. The highest BCUT2D eigenvalue weighted by Gasteiger charge is 2.23. The summed E-state index contributed by atoms with van der Waals surface area (Å²) in [5.41, 5.74) is 1.59. The van der Waals surface area contributed by atoms with Crippen LogP contribution in [0.2, 0.25) is 0 Å². The molecule has 1 heterocycles. The lowest BCUT2D eigenvalue weighted by Crippen LogP contribution is -2.22. The molecule has 3 N–H and O–H groups in total. The summed E-state index contributed by atoms with van der Waals surface area (Å²) in [6, 6.07) is 9.21. The number of carbonyl (C=O) groups excluding carboxylic acids is 2. The molecule has 8 nitrogen and oxygen atoms in total. The number of amides is 3. The Morgan fingerprint density at radius 2 is 2.00 bits per heavy atom. The fraction of sp³-hybridized carbons (Fsp3) is 0.105. The zero-order valence-electron chi connectivity index (χ0n) is 14.6. The van der Waals surface area contributed by atoms with Gasteiger partial charge < -0.3 is 19.9 Å². The number of halogens is 1. The lowest BCUT2D eigenvalue weighted by molar-refractivity contribution is -0.115. The highest BCUT2D eigenvalue weighted by molar-refractivity contribution is 9.10. The molecule has 1 saturated heterocycles. The van der Waals surface area contributed by atoms with Gasteiger partial charge in [-0.15, -0.1) is 0 Å². The van der Waals surface area contributed by atoms with Crippen molar-refractivity contribution in [3.05, 3.63) is 63.3 Å². The van der Waals surface area contributed by atoms with Crippen molar-refractivity contribution in [1.82, 2.24) is 10.6 Å². The quantitative estimate of drug-likeness (QED) is 0.464. The average molecular weight is 447 g/mol. The molecule has 0 atom stereocenters. The van der Waals surface area contributed by atoms with E-state index in [0.29, 0.717) is 27.1 Å². The summed E-state index contributed by atoms with van der Waals surface area (Å²) >= 11 is 3.41. The van der Waals surface area contributed by atoms with Gasteiger partial charge in [-0.1, -0.05) is 12.1 Å². The number of carbonyl (C=O) groups is 3. The van der Waals surface area contributed by atoms with Crippen LogP contribution in [0.25, 0.3) is 6.08 Å². The van der Waals surface area contributed by atoms with Crippen LogP contribution in [0.5, 0.6) is 11.5 Å². The molecule has 0 unspecified atom stereocenters. The van der Waals surface area contributed by atoms with E-state index in [9.17, 15) is 14.4 Å². The maximum atomic E-state index is 11.7. The molecule has 1 fully saturated rings. The second-order valence-corrected chi connectivity index (χ2v) is 6.65. The normalized spacial score (nSPS) is 14.6. The van der Waals surface area contributed by atoms with Crippen LogP contribution in [0.15, 0.2) is 46.6 Å². The topological polar surface area (TPSA) is 114 Å². The van der Waals surface area contributed by atoms with Crippen LogP contribution in [-0.4, -0.2) is 30.1 Å². The molecule has 2 aromatic carbocycles. The summed E-state index contributed by atoms with van der Waals surface area (Å²) in [6.45, 7) is 0.134. The van der Waals surface area contributed by atoms with E-state index in [1.165, 1.54) is 25.3 Å². The second-order valence-electron chi connectivity index (χ2n) is 5.79. The van der Waals surface area contributed by atoms with Gasteiger partial charge in [0, 0.05) is 0 Å². The number of aromatic carboxylic acids is 1. The summed E-state index contributed by atoms with van der Waals surface area (Å²) in [5.74, 6) is -0.703. The molecule has 0 saturated carbocycles. The van der Waals surface area contributed by atoms with E-state index < -0.39 is 17.9 Å². The fourth-order valence-electron chi connectivity index (χ4n) is 2.56. The van der Waals surface area contributed by atoms with E-state index in [1.54, 1.807) is 24.3 Å². The number of benzene rings is 2. The van der Waals surface area contributed by atoms with E-state index >= 15 is 0 Å². The first-order chi connectivity index (χ1) is 13.4. The van der Waals surface area contributed by atoms with Gasteiger partial charge in [0.15, 0.2) is 11.5 Å². The minimum absolute atomic E-state index is 0.123. The maximum Gasteiger partial charge on any atom is 0.335 e. The van der Waals surface area contributed by atoms with E-state index in [4.69, 9.17) is 14.6 Å². The van der Waals surface area contributed by atoms with Gasteiger partial charge >= 0.3 is 12.0 Å². The highest BCUT2D eigenvalue weighted by Crippen LogP contribution is 2.37. The third kappa shape index (κ3) is 4.32. The van der Waals surface area contributed by atoms with Gasteiger partial charge in [0.05, 0.1) is 17.1 Å². The van der Waals surface area contributed by atoms with Crippen LogP contribution >= 0.6 is 15.9 Å². The first kappa shape index (κ1) is 19.4. The first-order valence-electron chi connectivity index (χ1n) is 8.04.